The minimum absolute atomic E-state index is 0.0789. The van der Waals surface area contributed by atoms with Gasteiger partial charge in [0.25, 0.3) is 5.91 Å². The first-order chi connectivity index (χ1) is 18.4. The van der Waals surface area contributed by atoms with Gasteiger partial charge in [0.15, 0.2) is 0 Å². The lowest BCUT2D eigenvalue weighted by atomic mass is 9.93. The van der Waals surface area contributed by atoms with E-state index in [0.717, 1.165) is 32.2 Å². The van der Waals surface area contributed by atoms with Gasteiger partial charge in [0.1, 0.15) is 11.9 Å². The summed E-state index contributed by atoms with van der Waals surface area (Å²) in [5.41, 5.74) is 1.56. The van der Waals surface area contributed by atoms with Crippen molar-refractivity contribution in [2.75, 3.05) is 31.5 Å². The number of rotatable bonds is 3. The Morgan fingerprint density at radius 2 is 1.74 bits per heavy atom. The third kappa shape index (κ3) is 4.58. The fourth-order valence-corrected chi connectivity index (χ4v) is 6.82. The van der Waals surface area contributed by atoms with Crippen LogP contribution in [-0.4, -0.2) is 76.7 Å². The van der Waals surface area contributed by atoms with E-state index in [2.05, 4.69) is 10.2 Å². The molecule has 2 aromatic carbocycles. The number of piperazine rings is 1. The van der Waals surface area contributed by atoms with Gasteiger partial charge in [-0.3, -0.25) is 19.3 Å². The van der Waals surface area contributed by atoms with Gasteiger partial charge in [0.05, 0.1) is 23.8 Å². The lowest BCUT2D eigenvalue weighted by Crippen LogP contribution is -2.62. The molecule has 0 bridgehead atoms. The van der Waals surface area contributed by atoms with Gasteiger partial charge >= 0.3 is 0 Å². The Kier molecular flexibility index (Phi) is 6.86. The second kappa shape index (κ2) is 10.3. The van der Waals surface area contributed by atoms with Gasteiger partial charge in [-0.15, -0.1) is 0 Å². The van der Waals surface area contributed by atoms with Crippen LogP contribution in [0, 0.1) is 5.82 Å². The summed E-state index contributed by atoms with van der Waals surface area (Å²) in [5.74, 6) is -1.01. The number of carbonyl (C=O) groups excluding carboxylic acids is 3. The average molecular weight is 539 g/mol. The topological polar surface area (TPSA) is 73.0 Å². The van der Waals surface area contributed by atoms with Crippen LogP contribution in [0.2, 0.25) is 5.02 Å². The van der Waals surface area contributed by atoms with Crippen molar-refractivity contribution < 1.29 is 18.8 Å². The summed E-state index contributed by atoms with van der Waals surface area (Å²) < 4.78 is 14.6. The summed E-state index contributed by atoms with van der Waals surface area (Å²) in [7, 11) is 0. The number of hydrogen-bond donors (Lipinski definition) is 1. The minimum Gasteiger partial charge on any atom is -0.337 e. The van der Waals surface area contributed by atoms with E-state index >= 15 is 0 Å². The van der Waals surface area contributed by atoms with Crippen LogP contribution in [0.15, 0.2) is 36.4 Å². The van der Waals surface area contributed by atoms with Crippen LogP contribution in [0.3, 0.4) is 0 Å². The third-order valence-corrected chi connectivity index (χ3v) is 8.86. The maximum absolute atomic E-state index is 14.6. The van der Waals surface area contributed by atoms with Crippen LogP contribution in [-0.2, 0) is 9.59 Å². The molecule has 3 heterocycles. The predicted octanol–water partition coefficient (Wildman–Crippen LogP) is 4.55. The number of anilines is 1. The molecule has 9 heteroatoms. The monoisotopic (exact) mass is 538 g/mol. The van der Waals surface area contributed by atoms with Crippen molar-refractivity contribution in [2.24, 2.45) is 0 Å². The van der Waals surface area contributed by atoms with Gasteiger partial charge in [-0.05, 0) is 68.1 Å². The van der Waals surface area contributed by atoms with Gasteiger partial charge in [-0.25, -0.2) is 4.39 Å². The number of amides is 3. The molecule has 2 aromatic rings. The number of fused-ring (bicyclic) bond motifs is 2. The first kappa shape index (κ1) is 25.3. The summed E-state index contributed by atoms with van der Waals surface area (Å²) in [6.07, 6.45) is 7.88. The summed E-state index contributed by atoms with van der Waals surface area (Å²) in [5, 5.41) is 3.17. The predicted molar refractivity (Wildman–Crippen MR) is 143 cm³/mol. The van der Waals surface area contributed by atoms with Crippen LogP contribution < -0.4 is 5.32 Å². The lowest BCUT2D eigenvalue weighted by molar-refractivity contribution is -0.141. The van der Waals surface area contributed by atoms with E-state index in [1.807, 2.05) is 0 Å². The number of nitrogens with one attached hydrogen (secondary N) is 1. The van der Waals surface area contributed by atoms with Gasteiger partial charge in [-0.1, -0.05) is 36.9 Å². The molecule has 0 unspecified atom stereocenters. The minimum atomic E-state index is -0.771. The van der Waals surface area contributed by atoms with Crippen LogP contribution in [0.4, 0.5) is 10.1 Å². The molecule has 3 fully saturated rings. The van der Waals surface area contributed by atoms with E-state index in [9.17, 15) is 18.8 Å². The lowest BCUT2D eigenvalue weighted by Gasteiger charge is -2.42. The molecular formula is C29H32ClFN4O3. The van der Waals surface area contributed by atoms with Crippen molar-refractivity contribution in [2.45, 2.75) is 63.1 Å². The molecule has 200 valence electrons. The zero-order valence-electron chi connectivity index (χ0n) is 21.3. The second-order valence-corrected chi connectivity index (χ2v) is 11.3. The molecule has 2 saturated heterocycles. The quantitative estimate of drug-likeness (QED) is 0.622. The van der Waals surface area contributed by atoms with Gasteiger partial charge in [0.2, 0.25) is 11.8 Å². The Bertz CT molecular complexity index is 1280. The Labute approximate surface area is 226 Å². The number of likely N-dealkylation sites (tertiary alicyclic amines) is 1. The SMILES string of the molecule is O=C1Nc2ccc(-c3ccc(Cl)cc3F)cc2C(=O)N2CCN(C(=O)[C@@H]3CCCN3C3CCCCC3)C[C@@H]12. The summed E-state index contributed by atoms with van der Waals surface area (Å²) >= 11 is 5.90. The molecule has 1 N–H and O–H groups in total. The van der Waals surface area contributed by atoms with Crippen molar-refractivity contribution >= 4 is 35.0 Å². The molecule has 38 heavy (non-hydrogen) atoms. The summed E-state index contributed by atoms with van der Waals surface area (Å²) in [6.45, 7) is 1.80. The van der Waals surface area contributed by atoms with Crippen molar-refractivity contribution in [1.82, 2.24) is 14.7 Å². The van der Waals surface area contributed by atoms with E-state index in [4.69, 9.17) is 11.6 Å². The van der Waals surface area contributed by atoms with Gasteiger partial charge in [0, 0.05) is 29.7 Å². The first-order valence-electron chi connectivity index (χ1n) is 13.7. The van der Waals surface area contributed by atoms with E-state index in [1.165, 1.54) is 25.3 Å². The molecule has 0 radical (unpaired) electrons. The standard InChI is InChI=1S/C29H32ClFN4O3/c30-19-9-10-21(23(31)16-19)18-8-11-24-22(15-18)28(37)35-14-13-33(17-26(35)27(36)32-24)29(38)25-7-4-12-34(25)20-5-2-1-3-6-20/h8-11,15-16,20,25-26H,1-7,12-14,17H2,(H,32,36)/t25-,26-/m0/s1. The maximum Gasteiger partial charge on any atom is 0.256 e. The fraction of sp³-hybridized carbons (Fsp3) is 0.483. The Morgan fingerprint density at radius 3 is 2.53 bits per heavy atom. The molecule has 1 aliphatic carbocycles. The molecule has 3 amide bonds. The fourth-order valence-electron chi connectivity index (χ4n) is 6.66. The second-order valence-electron chi connectivity index (χ2n) is 10.9. The number of halogens is 2. The van der Waals surface area contributed by atoms with Crippen molar-refractivity contribution in [3.63, 3.8) is 0 Å². The zero-order valence-corrected chi connectivity index (χ0v) is 22.1. The molecule has 3 aliphatic heterocycles. The van der Waals surface area contributed by atoms with Crippen LogP contribution >= 0.6 is 11.6 Å². The zero-order chi connectivity index (χ0) is 26.4. The Balaban J connectivity index is 1.21. The average Bonchev–Trinajstić information content (AvgIpc) is 3.39. The number of nitrogens with zero attached hydrogens (tertiary/aromatic N) is 3. The summed E-state index contributed by atoms with van der Waals surface area (Å²) in [4.78, 5) is 46.3. The molecule has 6 rings (SSSR count). The number of hydrogen-bond acceptors (Lipinski definition) is 4. The van der Waals surface area contributed by atoms with Crippen LogP contribution in [0.5, 0.6) is 0 Å². The molecule has 1 saturated carbocycles. The smallest absolute Gasteiger partial charge is 0.256 e. The highest BCUT2D eigenvalue weighted by atomic mass is 35.5. The van der Waals surface area contributed by atoms with E-state index in [1.54, 1.807) is 40.1 Å². The molecule has 7 nitrogen and oxygen atoms in total. The molecule has 4 aliphatic rings. The maximum atomic E-state index is 14.6. The molecular weight excluding hydrogens is 507 g/mol. The number of benzene rings is 2. The van der Waals surface area contributed by atoms with Gasteiger partial charge in [-0.2, -0.15) is 0 Å². The van der Waals surface area contributed by atoms with Crippen LogP contribution in [0.1, 0.15) is 55.3 Å². The molecule has 2 atom stereocenters. The Hall–Kier alpha value is -2.97. The normalized spacial score (nSPS) is 24.6. The highest BCUT2D eigenvalue weighted by molar-refractivity contribution is 6.30. The van der Waals surface area contributed by atoms with Gasteiger partial charge < -0.3 is 15.1 Å². The largest absolute Gasteiger partial charge is 0.337 e. The molecule has 0 aromatic heterocycles. The van der Waals surface area contributed by atoms with E-state index in [0.29, 0.717) is 40.0 Å². The summed E-state index contributed by atoms with van der Waals surface area (Å²) in [6, 6.07) is 8.90. The van der Waals surface area contributed by atoms with Crippen molar-refractivity contribution in [3.05, 3.63) is 52.8 Å². The van der Waals surface area contributed by atoms with Crippen molar-refractivity contribution in [3.8, 4) is 11.1 Å². The highest BCUT2D eigenvalue weighted by Gasteiger charge is 2.44. The first-order valence-corrected chi connectivity index (χ1v) is 14.0. The molecule has 0 spiro atoms. The Morgan fingerprint density at radius 1 is 0.921 bits per heavy atom. The third-order valence-electron chi connectivity index (χ3n) is 8.63. The highest BCUT2D eigenvalue weighted by Crippen LogP contribution is 2.34. The van der Waals surface area contributed by atoms with Crippen molar-refractivity contribution in [1.29, 1.82) is 0 Å². The van der Waals surface area contributed by atoms with E-state index in [-0.39, 0.29) is 36.9 Å². The number of carbonyl (C=O) groups is 3. The van der Waals surface area contributed by atoms with Crippen LogP contribution in [0.25, 0.3) is 11.1 Å². The van der Waals surface area contributed by atoms with E-state index < -0.39 is 11.9 Å².